The molecule has 7 nitrogen and oxygen atoms in total. The molecule has 1 N–H and O–H groups in total. The molecular formula is C24H23F2N5O2. The first-order chi connectivity index (χ1) is 16.0. The Kier molecular flexibility index (Phi) is 6.63. The lowest BCUT2D eigenvalue weighted by atomic mass is 10.0. The number of H-pyrrole nitrogens is 1. The van der Waals surface area contributed by atoms with Crippen molar-refractivity contribution in [3.63, 3.8) is 0 Å². The zero-order valence-electron chi connectivity index (χ0n) is 18.1. The Labute approximate surface area is 189 Å². The van der Waals surface area contributed by atoms with Gasteiger partial charge in [0.25, 0.3) is 5.56 Å². The second kappa shape index (κ2) is 9.77. The number of hydrogen-bond donors (Lipinski definition) is 1. The third-order valence-electron chi connectivity index (χ3n) is 5.62. The van der Waals surface area contributed by atoms with E-state index in [0.717, 1.165) is 30.5 Å². The fraction of sp³-hybridized carbons (Fsp3) is 0.333. The highest BCUT2D eigenvalue weighted by atomic mass is 19.1. The molecule has 0 unspecified atom stereocenters. The van der Waals surface area contributed by atoms with Crippen LogP contribution < -0.4 is 15.2 Å². The lowest BCUT2D eigenvalue weighted by Crippen LogP contribution is -2.39. The molecule has 170 valence electrons. The summed E-state index contributed by atoms with van der Waals surface area (Å²) < 4.78 is 34.8. The van der Waals surface area contributed by atoms with Gasteiger partial charge in [-0.15, -0.1) is 0 Å². The molecule has 1 fully saturated rings. The topological polar surface area (TPSA) is 94.9 Å². The first kappa shape index (κ1) is 22.4. The van der Waals surface area contributed by atoms with Crippen molar-refractivity contribution in [1.82, 2.24) is 15.0 Å². The van der Waals surface area contributed by atoms with E-state index in [1.807, 2.05) is 12.4 Å². The van der Waals surface area contributed by atoms with E-state index < -0.39 is 22.8 Å². The fourth-order valence-electron chi connectivity index (χ4n) is 3.92. The molecule has 1 aliphatic rings. The number of nitrogens with zero attached hydrogens (tertiary/aromatic N) is 4. The Morgan fingerprint density at radius 2 is 1.94 bits per heavy atom. The summed E-state index contributed by atoms with van der Waals surface area (Å²) in [4.78, 5) is 26.0. The molecule has 0 aliphatic carbocycles. The number of aryl methyl sites for hydroxylation is 1. The summed E-state index contributed by atoms with van der Waals surface area (Å²) in [5, 5.41) is 8.91. The van der Waals surface area contributed by atoms with Gasteiger partial charge in [0, 0.05) is 50.1 Å². The van der Waals surface area contributed by atoms with E-state index in [-0.39, 0.29) is 23.0 Å². The van der Waals surface area contributed by atoms with Crippen molar-refractivity contribution in [3.05, 3.63) is 69.9 Å². The van der Waals surface area contributed by atoms with Gasteiger partial charge in [-0.05, 0) is 30.2 Å². The minimum Gasteiger partial charge on any atom is -0.489 e. The zero-order chi connectivity index (χ0) is 23.4. The van der Waals surface area contributed by atoms with Crippen LogP contribution in [-0.2, 0) is 6.42 Å². The predicted molar refractivity (Wildman–Crippen MR) is 119 cm³/mol. The van der Waals surface area contributed by atoms with Crippen LogP contribution in [0.3, 0.4) is 0 Å². The molecule has 0 radical (unpaired) electrons. The van der Waals surface area contributed by atoms with E-state index >= 15 is 0 Å². The van der Waals surface area contributed by atoms with Crippen molar-refractivity contribution >= 4 is 5.95 Å². The molecule has 1 aromatic carbocycles. The van der Waals surface area contributed by atoms with Crippen molar-refractivity contribution in [2.24, 2.45) is 0 Å². The van der Waals surface area contributed by atoms with Crippen LogP contribution in [0.15, 0.2) is 41.6 Å². The van der Waals surface area contributed by atoms with Gasteiger partial charge in [-0.3, -0.25) is 4.79 Å². The van der Waals surface area contributed by atoms with Crippen LogP contribution in [0.25, 0.3) is 11.1 Å². The number of halogens is 2. The Balaban J connectivity index is 1.50. The highest BCUT2D eigenvalue weighted by molar-refractivity contribution is 5.70. The molecule has 33 heavy (non-hydrogen) atoms. The van der Waals surface area contributed by atoms with Crippen LogP contribution in [0.4, 0.5) is 14.7 Å². The predicted octanol–water partition coefficient (Wildman–Crippen LogP) is 3.98. The average molecular weight is 451 g/mol. The average Bonchev–Trinajstić information content (AvgIpc) is 2.82. The smallest absolute Gasteiger partial charge is 0.259 e. The number of hydrogen-bond acceptors (Lipinski definition) is 6. The van der Waals surface area contributed by atoms with E-state index in [2.05, 4.69) is 26.8 Å². The van der Waals surface area contributed by atoms with Gasteiger partial charge in [0.05, 0.1) is 11.1 Å². The summed E-state index contributed by atoms with van der Waals surface area (Å²) in [5.41, 5.74) is -0.276. The van der Waals surface area contributed by atoms with Crippen LogP contribution in [0.1, 0.15) is 37.3 Å². The van der Waals surface area contributed by atoms with Gasteiger partial charge in [-0.25, -0.2) is 18.7 Å². The van der Waals surface area contributed by atoms with Crippen LogP contribution in [-0.4, -0.2) is 34.1 Å². The number of nitriles is 1. The first-order valence-corrected chi connectivity index (χ1v) is 10.8. The normalized spacial score (nSPS) is 14.2. The molecule has 2 aromatic heterocycles. The van der Waals surface area contributed by atoms with Gasteiger partial charge in [0.15, 0.2) is 0 Å². The van der Waals surface area contributed by atoms with Crippen molar-refractivity contribution in [3.8, 4) is 22.9 Å². The van der Waals surface area contributed by atoms with Gasteiger partial charge in [0.1, 0.15) is 29.6 Å². The molecule has 3 aromatic rings. The second-order valence-corrected chi connectivity index (χ2v) is 7.92. The molecule has 4 rings (SSSR count). The lowest BCUT2D eigenvalue weighted by Gasteiger charge is -2.32. The number of anilines is 1. The first-order valence-electron chi connectivity index (χ1n) is 10.8. The standard InChI is InChI=1S/C24H23F2N5O2/c1-2-3-15-13-29-24(30-14-15)31-8-5-17(6-9-31)33-21-4-7-28-23(32)22(21)18-11-19(25)16(12-27)10-20(18)26/h4,7,10-11,13-14,17H,2-3,5-6,8-9H2,1H3,(H,28,32). The highest BCUT2D eigenvalue weighted by Crippen LogP contribution is 2.32. The number of benzene rings is 1. The van der Waals surface area contributed by atoms with Crippen LogP contribution in [0.5, 0.6) is 5.75 Å². The number of ether oxygens (including phenoxy) is 1. The maximum atomic E-state index is 14.6. The highest BCUT2D eigenvalue weighted by Gasteiger charge is 2.25. The number of rotatable bonds is 6. The number of piperidine rings is 1. The molecule has 0 amide bonds. The summed E-state index contributed by atoms with van der Waals surface area (Å²) in [6, 6.07) is 4.75. The van der Waals surface area contributed by atoms with Gasteiger partial charge >= 0.3 is 0 Å². The van der Waals surface area contributed by atoms with E-state index in [0.29, 0.717) is 31.9 Å². The summed E-state index contributed by atoms with van der Waals surface area (Å²) in [6.07, 6.45) is 8.16. The molecule has 3 heterocycles. The maximum Gasteiger partial charge on any atom is 0.259 e. The molecule has 1 saturated heterocycles. The van der Waals surface area contributed by atoms with Crippen LogP contribution in [0, 0.1) is 23.0 Å². The number of nitrogens with one attached hydrogen (secondary N) is 1. The Morgan fingerprint density at radius 1 is 1.21 bits per heavy atom. The third-order valence-corrected chi connectivity index (χ3v) is 5.62. The molecule has 0 bridgehead atoms. The molecule has 9 heteroatoms. The summed E-state index contributed by atoms with van der Waals surface area (Å²) >= 11 is 0. The van der Waals surface area contributed by atoms with Crippen molar-refractivity contribution in [1.29, 1.82) is 5.26 Å². The molecular weight excluding hydrogens is 428 g/mol. The van der Waals surface area contributed by atoms with E-state index in [4.69, 9.17) is 10.00 Å². The Hall–Kier alpha value is -3.80. The molecule has 0 spiro atoms. The van der Waals surface area contributed by atoms with Crippen molar-refractivity contribution in [2.75, 3.05) is 18.0 Å². The number of pyridine rings is 1. The lowest BCUT2D eigenvalue weighted by molar-refractivity contribution is 0.171. The number of aromatic nitrogens is 3. The zero-order valence-corrected chi connectivity index (χ0v) is 18.1. The fourth-order valence-corrected chi connectivity index (χ4v) is 3.92. The van der Waals surface area contributed by atoms with Crippen LogP contribution in [0.2, 0.25) is 0 Å². The maximum absolute atomic E-state index is 14.6. The summed E-state index contributed by atoms with van der Waals surface area (Å²) in [6.45, 7) is 3.43. The molecule has 0 saturated carbocycles. The van der Waals surface area contributed by atoms with Crippen molar-refractivity contribution < 1.29 is 13.5 Å². The number of aromatic amines is 1. The SMILES string of the molecule is CCCc1cnc(N2CCC(Oc3cc[nH]c(=O)c3-c3cc(F)c(C#N)cc3F)CC2)nc1. The van der Waals surface area contributed by atoms with E-state index in [1.165, 1.54) is 12.3 Å². The summed E-state index contributed by atoms with van der Waals surface area (Å²) in [7, 11) is 0. The largest absolute Gasteiger partial charge is 0.489 e. The van der Waals surface area contributed by atoms with E-state index in [9.17, 15) is 13.6 Å². The van der Waals surface area contributed by atoms with Gasteiger partial charge < -0.3 is 14.6 Å². The minimum atomic E-state index is -0.902. The monoisotopic (exact) mass is 451 g/mol. The minimum absolute atomic E-state index is 0.101. The van der Waals surface area contributed by atoms with Crippen LogP contribution >= 0.6 is 0 Å². The van der Waals surface area contributed by atoms with Gasteiger partial charge in [-0.2, -0.15) is 5.26 Å². The van der Waals surface area contributed by atoms with E-state index in [1.54, 1.807) is 6.07 Å². The quantitative estimate of drug-likeness (QED) is 0.609. The van der Waals surface area contributed by atoms with Crippen molar-refractivity contribution in [2.45, 2.75) is 38.7 Å². The second-order valence-electron chi connectivity index (χ2n) is 7.92. The van der Waals surface area contributed by atoms with Gasteiger partial charge in [0.2, 0.25) is 5.95 Å². The Bertz CT molecular complexity index is 1230. The summed E-state index contributed by atoms with van der Waals surface area (Å²) in [5.74, 6) is -0.935. The third kappa shape index (κ3) is 4.85. The molecule has 0 atom stereocenters. The van der Waals surface area contributed by atoms with Gasteiger partial charge in [-0.1, -0.05) is 13.3 Å². The Morgan fingerprint density at radius 3 is 2.61 bits per heavy atom. The molecule has 1 aliphatic heterocycles.